The molecule has 252 valence electrons. The van der Waals surface area contributed by atoms with Crippen LogP contribution in [-0.2, 0) is 25.5 Å². The molecule has 0 saturated carbocycles. The Balaban J connectivity index is 2.39. The molecule has 0 radical (unpaired) electrons. The highest BCUT2D eigenvalue weighted by Gasteiger charge is 2.17. The second-order valence-electron chi connectivity index (χ2n) is 11.1. The Bertz CT molecular complexity index is 1350. The van der Waals surface area contributed by atoms with Crippen LogP contribution in [0.25, 0.3) is 24.3 Å². The second-order valence-corrected chi connectivity index (χ2v) is 11.1. The topological polar surface area (TPSA) is 112 Å². The highest BCUT2D eigenvalue weighted by Crippen LogP contribution is 2.33. The summed E-state index contributed by atoms with van der Waals surface area (Å²) in [5.74, 6) is 0.0875. The van der Waals surface area contributed by atoms with Gasteiger partial charge in [0.25, 0.3) is 0 Å². The van der Waals surface area contributed by atoms with Gasteiger partial charge in [-0.05, 0) is 83.4 Å². The minimum Gasteiger partial charge on any atom is -0.489 e. The van der Waals surface area contributed by atoms with Crippen molar-refractivity contribution in [3.63, 3.8) is 0 Å². The largest absolute Gasteiger partial charge is 0.489 e. The summed E-state index contributed by atoms with van der Waals surface area (Å²) in [6.45, 7) is 17.3. The minimum atomic E-state index is -1.02. The van der Waals surface area contributed by atoms with E-state index >= 15 is 0 Å². The van der Waals surface area contributed by atoms with Gasteiger partial charge < -0.3 is 29.2 Å². The number of carbonyl (C=O) groups is 2. The van der Waals surface area contributed by atoms with E-state index in [0.29, 0.717) is 17.9 Å². The van der Waals surface area contributed by atoms with Gasteiger partial charge in [0.2, 0.25) is 0 Å². The molecule has 0 aromatic heterocycles. The van der Waals surface area contributed by atoms with Gasteiger partial charge in [-0.25, -0.2) is 9.59 Å². The van der Waals surface area contributed by atoms with Crippen molar-refractivity contribution in [1.29, 1.82) is 0 Å². The molecule has 0 saturated heterocycles. The molecule has 8 heteroatoms. The summed E-state index contributed by atoms with van der Waals surface area (Å²) in [6, 6.07) is 8.20. The summed E-state index contributed by atoms with van der Waals surface area (Å²) in [5.41, 5.74) is 5.96. The molecule has 0 amide bonds. The van der Waals surface area contributed by atoms with Crippen LogP contribution in [0.15, 0.2) is 72.9 Å². The summed E-state index contributed by atoms with van der Waals surface area (Å²) in [4.78, 5) is 23.4. The van der Waals surface area contributed by atoms with Crippen LogP contribution in [0.4, 0.5) is 0 Å². The van der Waals surface area contributed by atoms with Crippen LogP contribution in [0.2, 0.25) is 0 Å². The molecule has 0 bridgehead atoms. The molecule has 0 aliphatic carbocycles. The Morgan fingerprint density at radius 3 is 1.17 bits per heavy atom. The van der Waals surface area contributed by atoms with Gasteiger partial charge >= 0.3 is 11.9 Å². The zero-order valence-electron chi connectivity index (χ0n) is 28.4. The van der Waals surface area contributed by atoms with Crippen LogP contribution in [0.1, 0.15) is 74.9 Å². The van der Waals surface area contributed by atoms with Gasteiger partial charge in [-0.2, -0.15) is 0 Å². The number of esters is 2. The number of ether oxygens (including phenoxy) is 4. The van der Waals surface area contributed by atoms with Crippen LogP contribution >= 0.6 is 0 Å². The maximum atomic E-state index is 11.7. The van der Waals surface area contributed by atoms with Gasteiger partial charge in [-0.3, -0.25) is 0 Å². The third kappa shape index (κ3) is 12.6. The molecule has 2 N–H and O–H groups in total. The fourth-order valence-electron chi connectivity index (χ4n) is 4.51. The molecule has 2 rings (SSSR count). The van der Waals surface area contributed by atoms with Gasteiger partial charge in [-0.1, -0.05) is 61.8 Å². The summed E-state index contributed by atoms with van der Waals surface area (Å²) in [7, 11) is 0. The van der Waals surface area contributed by atoms with Crippen molar-refractivity contribution in [3.8, 4) is 11.5 Å². The average molecular weight is 645 g/mol. The molecule has 2 unspecified atom stereocenters. The summed E-state index contributed by atoms with van der Waals surface area (Å²) in [5, 5.41) is 20.8. The summed E-state index contributed by atoms with van der Waals surface area (Å²) in [6.07, 6.45) is 14.1. The van der Waals surface area contributed by atoms with Gasteiger partial charge in [0, 0.05) is 33.4 Å². The second kappa shape index (κ2) is 19.8. The third-order valence-corrected chi connectivity index (χ3v) is 6.56. The smallest absolute Gasteiger partial charge is 0.333 e. The first kappa shape index (κ1) is 38.5. The predicted octanol–water partition coefficient (Wildman–Crippen LogP) is 7.13. The molecule has 0 heterocycles. The van der Waals surface area contributed by atoms with Crippen LogP contribution < -0.4 is 9.47 Å². The van der Waals surface area contributed by atoms with Crippen LogP contribution in [-0.4, -0.2) is 60.8 Å². The fraction of sp³-hybridized carbons (Fsp3) is 0.333. The molecular weight excluding hydrogens is 596 g/mol. The molecule has 47 heavy (non-hydrogen) atoms. The van der Waals surface area contributed by atoms with Crippen molar-refractivity contribution < 1.29 is 38.7 Å². The number of aliphatic hydroxyl groups excluding tert-OH is 2. The lowest BCUT2D eigenvalue weighted by atomic mass is 9.95. The molecule has 0 spiro atoms. The van der Waals surface area contributed by atoms with E-state index in [2.05, 4.69) is 13.2 Å². The van der Waals surface area contributed by atoms with Crippen molar-refractivity contribution in [2.24, 2.45) is 0 Å². The first-order chi connectivity index (χ1) is 22.4. The summed E-state index contributed by atoms with van der Waals surface area (Å²) >= 11 is 0. The standard InChI is InChI=1S/C39H48O8/c1-9-13-30-18-28(19-31(14-10-2)36(30)44-22-34(40)24-46-38(42)26(5)6)17-29-20-32(15-11-3)37(33(21-29)16-12-4)45-23-35(41)25-47-39(43)27(7)8/h9-16,18-21,34-35,40-41H,5,7,17,22-25H2,1-4,6,8H3. The lowest BCUT2D eigenvalue weighted by molar-refractivity contribution is -0.143. The fourth-order valence-corrected chi connectivity index (χ4v) is 4.51. The number of carbonyl (C=O) groups excluding carboxylic acids is 2. The Labute approximate surface area is 279 Å². The van der Waals surface area contributed by atoms with Crippen molar-refractivity contribution >= 4 is 36.2 Å². The van der Waals surface area contributed by atoms with Gasteiger partial charge in [-0.15, -0.1) is 0 Å². The monoisotopic (exact) mass is 644 g/mol. The SMILES string of the molecule is C=C(C)C(=O)OCC(O)COc1c(C=CC)cc(Cc2cc(C=CC)c(OCC(O)COC(=O)C(=C)C)c(C=CC)c2)cc1C=CC. The van der Waals surface area contributed by atoms with Crippen molar-refractivity contribution in [3.05, 3.63) is 106 Å². The molecule has 2 aromatic carbocycles. The van der Waals surface area contributed by atoms with Crippen LogP contribution in [0.5, 0.6) is 11.5 Å². The van der Waals surface area contributed by atoms with E-state index < -0.39 is 24.1 Å². The Morgan fingerprint density at radius 1 is 0.617 bits per heavy atom. The van der Waals surface area contributed by atoms with Gasteiger partial charge in [0.05, 0.1) is 0 Å². The van der Waals surface area contributed by atoms with Crippen LogP contribution in [0, 0.1) is 0 Å². The number of hydrogen-bond donors (Lipinski definition) is 2. The molecule has 2 aromatic rings. The van der Waals surface area contributed by atoms with E-state index in [0.717, 1.165) is 33.4 Å². The van der Waals surface area contributed by atoms with E-state index in [1.165, 1.54) is 0 Å². The number of hydrogen-bond acceptors (Lipinski definition) is 8. The van der Waals surface area contributed by atoms with E-state index in [-0.39, 0.29) is 37.6 Å². The normalized spacial score (nSPS) is 12.9. The Morgan fingerprint density at radius 2 is 0.915 bits per heavy atom. The third-order valence-electron chi connectivity index (χ3n) is 6.56. The molecule has 2 atom stereocenters. The quantitative estimate of drug-likeness (QED) is 0.130. The number of benzene rings is 2. The molecule has 0 fully saturated rings. The van der Waals surface area contributed by atoms with E-state index in [9.17, 15) is 19.8 Å². The highest BCUT2D eigenvalue weighted by molar-refractivity contribution is 5.87. The van der Waals surface area contributed by atoms with Crippen LogP contribution in [0.3, 0.4) is 0 Å². The zero-order chi connectivity index (χ0) is 34.9. The van der Waals surface area contributed by atoms with Crippen molar-refractivity contribution in [1.82, 2.24) is 0 Å². The molecule has 8 nitrogen and oxygen atoms in total. The molecule has 0 aliphatic rings. The lowest BCUT2D eigenvalue weighted by Gasteiger charge is -2.19. The number of aliphatic hydroxyl groups is 2. The highest BCUT2D eigenvalue weighted by atomic mass is 16.6. The first-order valence-electron chi connectivity index (χ1n) is 15.5. The van der Waals surface area contributed by atoms with E-state index in [4.69, 9.17) is 18.9 Å². The molecule has 0 aliphatic heterocycles. The van der Waals surface area contributed by atoms with E-state index in [1.807, 2.05) is 101 Å². The Hall–Kier alpha value is -4.66. The maximum Gasteiger partial charge on any atom is 0.333 e. The maximum absolute atomic E-state index is 11.7. The van der Waals surface area contributed by atoms with Crippen molar-refractivity contribution in [2.45, 2.75) is 60.2 Å². The lowest BCUT2D eigenvalue weighted by Crippen LogP contribution is -2.25. The van der Waals surface area contributed by atoms with Gasteiger partial charge in [0.15, 0.2) is 0 Å². The minimum absolute atomic E-state index is 0.0656. The first-order valence-corrected chi connectivity index (χ1v) is 15.5. The van der Waals surface area contributed by atoms with E-state index in [1.54, 1.807) is 13.8 Å². The number of allylic oxidation sites excluding steroid dienone is 4. The predicted molar refractivity (Wildman–Crippen MR) is 189 cm³/mol. The average Bonchev–Trinajstić information content (AvgIpc) is 3.02. The number of rotatable bonds is 18. The molecular formula is C39H48O8. The Kier molecular flexibility index (Phi) is 16.2. The summed E-state index contributed by atoms with van der Waals surface area (Å²) < 4.78 is 22.3. The zero-order valence-corrected chi connectivity index (χ0v) is 28.4. The van der Waals surface area contributed by atoms with Gasteiger partial charge in [0.1, 0.15) is 50.1 Å². The van der Waals surface area contributed by atoms with Crippen molar-refractivity contribution in [2.75, 3.05) is 26.4 Å².